The predicted octanol–water partition coefficient (Wildman–Crippen LogP) is 4.38. The fraction of sp³-hybridized carbons (Fsp3) is 0.250. The second-order valence-corrected chi connectivity index (χ2v) is 6.24. The molecule has 0 aliphatic heterocycles. The van der Waals surface area contributed by atoms with Gasteiger partial charge in [-0.05, 0) is 55.8 Å². The summed E-state index contributed by atoms with van der Waals surface area (Å²) >= 11 is 0. The van der Waals surface area contributed by atoms with Gasteiger partial charge in [-0.15, -0.1) is 10.2 Å². The van der Waals surface area contributed by atoms with Crippen LogP contribution in [0.25, 0.3) is 0 Å². The summed E-state index contributed by atoms with van der Waals surface area (Å²) in [6.07, 6.45) is -2.79. The Morgan fingerprint density at radius 1 is 1.07 bits per heavy atom. The van der Waals surface area contributed by atoms with Gasteiger partial charge in [-0.3, -0.25) is 0 Å². The molecule has 0 aliphatic rings. The predicted molar refractivity (Wildman–Crippen MR) is 101 cm³/mol. The van der Waals surface area contributed by atoms with Crippen LogP contribution in [-0.4, -0.2) is 28.2 Å². The van der Waals surface area contributed by atoms with Gasteiger partial charge in [-0.1, -0.05) is 6.07 Å². The number of hydrogen-bond donors (Lipinski definition) is 0. The molecule has 152 valence electrons. The topological polar surface area (TPSA) is 61.5 Å². The van der Waals surface area contributed by atoms with Crippen molar-refractivity contribution in [1.29, 1.82) is 0 Å². The number of methoxy groups -OCH3 is 1. The van der Waals surface area contributed by atoms with Crippen molar-refractivity contribution in [1.82, 2.24) is 14.9 Å². The van der Waals surface area contributed by atoms with Crippen LogP contribution in [0.15, 0.2) is 47.6 Å². The minimum Gasteiger partial charge on any atom is -0.496 e. The fourth-order valence-corrected chi connectivity index (χ4v) is 2.67. The van der Waals surface area contributed by atoms with E-state index in [1.54, 1.807) is 36.9 Å². The first-order valence-corrected chi connectivity index (χ1v) is 8.68. The van der Waals surface area contributed by atoms with Gasteiger partial charge in [0.05, 0.1) is 18.9 Å². The van der Waals surface area contributed by atoms with Crippen LogP contribution in [0.2, 0.25) is 0 Å². The van der Waals surface area contributed by atoms with Crippen LogP contribution >= 0.6 is 0 Å². The van der Waals surface area contributed by atoms with E-state index in [9.17, 15) is 13.2 Å². The number of nitrogens with zero attached hydrogens (tertiary/aromatic N) is 4. The van der Waals surface area contributed by atoms with Crippen LogP contribution in [-0.2, 0) is 12.8 Å². The first-order valence-electron chi connectivity index (χ1n) is 8.68. The minimum absolute atomic E-state index is 0.0385. The Labute approximate surface area is 165 Å². The van der Waals surface area contributed by atoms with Gasteiger partial charge in [0.2, 0.25) is 0 Å². The molecule has 0 saturated carbocycles. The summed E-state index contributed by atoms with van der Waals surface area (Å²) in [7, 11) is 1.51. The Hall–Kier alpha value is -3.36. The molecule has 0 N–H and O–H groups in total. The third-order valence-electron chi connectivity index (χ3n) is 4.13. The fourth-order valence-electron chi connectivity index (χ4n) is 2.67. The Balaban J connectivity index is 1.79. The lowest BCUT2D eigenvalue weighted by Gasteiger charge is -2.13. The van der Waals surface area contributed by atoms with E-state index in [-0.39, 0.29) is 12.4 Å². The van der Waals surface area contributed by atoms with Crippen molar-refractivity contribution < 1.29 is 22.6 Å². The first-order chi connectivity index (χ1) is 13.8. The van der Waals surface area contributed by atoms with Crippen LogP contribution in [0.1, 0.15) is 28.3 Å². The molecule has 0 bridgehead atoms. The molecule has 1 heterocycles. The van der Waals surface area contributed by atoms with Gasteiger partial charge in [-0.2, -0.15) is 18.3 Å². The Bertz CT molecular complexity index is 1010. The molecule has 0 spiro atoms. The third kappa shape index (κ3) is 4.92. The first kappa shape index (κ1) is 20.4. The molecule has 0 fully saturated rings. The molecule has 3 aromatic rings. The van der Waals surface area contributed by atoms with Crippen molar-refractivity contribution in [2.75, 3.05) is 7.11 Å². The maximum absolute atomic E-state index is 12.9. The standard InChI is InChI=1S/C20H19F3N4O2/c1-13-25-26-14(2)27(13)24-11-15-7-8-19(28-3)16(9-15)12-29-18-6-4-5-17(10-18)20(21,22)23/h4-11H,12H2,1-3H3. The third-order valence-corrected chi connectivity index (χ3v) is 4.13. The summed E-state index contributed by atoms with van der Waals surface area (Å²) in [4.78, 5) is 0. The molecule has 3 rings (SSSR count). The van der Waals surface area contributed by atoms with Crippen LogP contribution in [0.5, 0.6) is 11.5 Å². The van der Waals surface area contributed by atoms with Crippen LogP contribution < -0.4 is 9.47 Å². The number of rotatable bonds is 6. The Morgan fingerprint density at radius 3 is 2.45 bits per heavy atom. The van der Waals surface area contributed by atoms with Crippen LogP contribution in [0, 0.1) is 13.8 Å². The summed E-state index contributed by atoms with van der Waals surface area (Å²) in [6, 6.07) is 10.1. The molecular formula is C20H19F3N4O2. The highest BCUT2D eigenvalue weighted by Crippen LogP contribution is 2.31. The molecule has 0 unspecified atom stereocenters. The Kier molecular flexibility index (Phi) is 5.86. The van der Waals surface area contributed by atoms with Crippen molar-refractivity contribution in [2.24, 2.45) is 5.10 Å². The molecule has 0 atom stereocenters. The highest BCUT2D eigenvalue weighted by molar-refractivity contribution is 5.80. The lowest BCUT2D eigenvalue weighted by atomic mass is 10.1. The Morgan fingerprint density at radius 2 is 1.79 bits per heavy atom. The van der Waals surface area contributed by atoms with E-state index in [4.69, 9.17) is 9.47 Å². The number of aromatic nitrogens is 3. The molecule has 6 nitrogen and oxygen atoms in total. The number of hydrogen-bond acceptors (Lipinski definition) is 5. The summed E-state index contributed by atoms with van der Waals surface area (Å²) in [5, 5.41) is 12.2. The van der Waals surface area contributed by atoms with Crippen LogP contribution in [0.4, 0.5) is 13.2 Å². The number of ether oxygens (including phenoxy) is 2. The SMILES string of the molecule is COc1ccc(C=Nn2c(C)nnc2C)cc1COc1cccc(C(F)(F)F)c1. The minimum atomic E-state index is -4.42. The van der Waals surface area contributed by atoms with Gasteiger partial charge >= 0.3 is 6.18 Å². The van der Waals surface area contributed by atoms with Gasteiger partial charge in [-0.25, -0.2) is 4.68 Å². The lowest BCUT2D eigenvalue weighted by molar-refractivity contribution is -0.137. The lowest BCUT2D eigenvalue weighted by Crippen LogP contribution is -2.05. The monoisotopic (exact) mass is 404 g/mol. The molecule has 0 aliphatic carbocycles. The van der Waals surface area contributed by atoms with Gasteiger partial charge in [0.25, 0.3) is 0 Å². The second kappa shape index (κ2) is 8.34. The van der Waals surface area contributed by atoms with Gasteiger partial charge in [0.1, 0.15) is 18.1 Å². The molecular weight excluding hydrogens is 385 g/mol. The number of aryl methyl sites for hydroxylation is 2. The van der Waals surface area contributed by atoms with E-state index in [1.807, 2.05) is 6.07 Å². The zero-order valence-electron chi connectivity index (χ0n) is 16.1. The second-order valence-electron chi connectivity index (χ2n) is 6.24. The van der Waals surface area contributed by atoms with E-state index >= 15 is 0 Å². The van der Waals surface area contributed by atoms with E-state index in [2.05, 4.69) is 15.3 Å². The zero-order chi connectivity index (χ0) is 21.0. The molecule has 0 saturated heterocycles. The van der Waals surface area contributed by atoms with E-state index in [0.717, 1.165) is 17.7 Å². The number of alkyl halides is 3. The van der Waals surface area contributed by atoms with Gasteiger partial charge in [0, 0.05) is 5.56 Å². The highest BCUT2D eigenvalue weighted by Gasteiger charge is 2.30. The summed E-state index contributed by atoms with van der Waals surface area (Å²) < 4.78 is 51.1. The maximum Gasteiger partial charge on any atom is 0.416 e. The summed E-state index contributed by atoms with van der Waals surface area (Å²) in [5.41, 5.74) is 0.675. The van der Waals surface area contributed by atoms with Crippen molar-refractivity contribution >= 4 is 6.21 Å². The number of halogens is 3. The highest BCUT2D eigenvalue weighted by atomic mass is 19.4. The average Bonchev–Trinajstić information content (AvgIpc) is 3.02. The smallest absolute Gasteiger partial charge is 0.416 e. The van der Waals surface area contributed by atoms with Crippen molar-refractivity contribution in [3.63, 3.8) is 0 Å². The van der Waals surface area contributed by atoms with E-state index in [0.29, 0.717) is 23.0 Å². The largest absolute Gasteiger partial charge is 0.496 e. The normalized spacial score (nSPS) is 11.8. The molecule has 1 aromatic heterocycles. The molecule has 0 radical (unpaired) electrons. The van der Waals surface area contributed by atoms with Crippen molar-refractivity contribution in [2.45, 2.75) is 26.6 Å². The molecule has 9 heteroatoms. The summed E-state index contributed by atoms with van der Waals surface area (Å²) in [6.45, 7) is 3.62. The van der Waals surface area contributed by atoms with Gasteiger partial charge < -0.3 is 9.47 Å². The zero-order valence-corrected chi connectivity index (χ0v) is 16.1. The molecule has 29 heavy (non-hydrogen) atoms. The molecule has 0 amide bonds. The maximum atomic E-state index is 12.9. The van der Waals surface area contributed by atoms with Crippen molar-refractivity contribution in [3.05, 3.63) is 70.8 Å². The van der Waals surface area contributed by atoms with E-state index < -0.39 is 11.7 Å². The van der Waals surface area contributed by atoms with E-state index in [1.165, 1.54) is 19.2 Å². The summed E-state index contributed by atoms with van der Waals surface area (Å²) in [5.74, 6) is 1.99. The number of benzene rings is 2. The average molecular weight is 404 g/mol. The quantitative estimate of drug-likeness (QED) is 0.572. The van der Waals surface area contributed by atoms with Crippen molar-refractivity contribution in [3.8, 4) is 11.5 Å². The van der Waals surface area contributed by atoms with Gasteiger partial charge in [0.15, 0.2) is 11.6 Å². The molecule has 2 aromatic carbocycles. The van der Waals surface area contributed by atoms with Crippen LogP contribution in [0.3, 0.4) is 0 Å².